The molecule has 5 nitrogen and oxygen atoms in total. The second kappa shape index (κ2) is 4.79. The zero-order valence-electron chi connectivity index (χ0n) is 10.5. The summed E-state index contributed by atoms with van der Waals surface area (Å²) >= 11 is 3.32. The SMILES string of the molecule is CC1C(CC(=O)O)S(=O)(=O)c2ccc(Br)cc2N1C. The molecule has 2 rings (SSSR count). The predicted octanol–water partition coefficient (Wildman–Crippen LogP) is 1.90. The van der Waals surface area contributed by atoms with E-state index in [1.165, 1.54) is 6.07 Å². The molecule has 0 saturated heterocycles. The van der Waals surface area contributed by atoms with E-state index in [0.29, 0.717) is 5.69 Å². The molecule has 1 N–H and O–H groups in total. The maximum atomic E-state index is 12.5. The van der Waals surface area contributed by atoms with Crippen LogP contribution in [0.3, 0.4) is 0 Å². The third-order valence-electron chi connectivity index (χ3n) is 3.53. The number of rotatable bonds is 2. The Balaban J connectivity index is 2.62. The first-order valence-corrected chi connectivity index (χ1v) is 8.07. The summed E-state index contributed by atoms with van der Waals surface area (Å²) in [6.07, 6.45) is -0.386. The van der Waals surface area contributed by atoms with Gasteiger partial charge in [0, 0.05) is 17.6 Å². The first-order valence-electron chi connectivity index (χ1n) is 5.73. The predicted molar refractivity (Wildman–Crippen MR) is 75.2 cm³/mol. The molecule has 0 saturated carbocycles. The molecule has 1 aromatic carbocycles. The minimum absolute atomic E-state index is 0.197. The van der Waals surface area contributed by atoms with Crippen LogP contribution >= 0.6 is 15.9 Å². The first-order chi connectivity index (χ1) is 8.75. The molecule has 1 aliphatic heterocycles. The van der Waals surface area contributed by atoms with E-state index in [4.69, 9.17) is 5.11 Å². The summed E-state index contributed by atoms with van der Waals surface area (Å²) in [5, 5.41) is 7.98. The van der Waals surface area contributed by atoms with Crippen LogP contribution in [0.25, 0.3) is 0 Å². The number of hydrogen-bond acceptors (Lipinski definition) is 4. The zero-order chi connectivity index (χ0) is 14.4. The summed E-state index contributed by atoms with van der Waals surface area (Å²) in [5.74, 6) is -1.10. The van der Waals surface area contributed by atoms with E-state index >= 15 is 0 Å². The van der Waals surface area contributed by atoms with Crippen LogP contribution in [0.15, 0.2) is 27.6 Å². The smallest absolute Gasteiger partial charge is 0.304 e. The molecule has 0 amide bonds. The standard InChI is InChI=1S/C12H14BrNO4S/c1-7-11(6-12(15)16)19(17,18)10-4-3-8(13)5-9(10)14(7)2/h3-5,7,11H,6H2,1-2H3,(H,15,16). The van der Waals surface area contributed by atoms with Gasteiger partial charge in [0.2, 0.25) is 0 Å². The van der Waals surface area contributed by atoms with Gasteiger partial charge in [-0.1, -0.05) is 15.9 Å². The average molecular weight is 348 g/mol. The van der Waals surface area contributed by atoms with E-state index in [1.807, 2.05) is 4.90 Å². The van der Waals surface area contributed by atoms with E-state index in [-0.39, 0.29) is 17.4 Å². The molecule has 0 radical (unpaired) electrons. The number of nitrogens with zero attached hydrogens (tertiary/aromatic N) is 1. The third-order valence-corrected chi connectivity index (χ3v) is 6.34. The number of sulfone groups is 1. The van der Waals surface area contributed by atoms with Gasteiger partial charge in [-0.3, -0.25) is 4.79 Å². The second-order valence-electron chi connectivity index (χ2n) is 4.64. The summed E-state index contributed by atoms with van der Waals surface area (Å²) in [4.78, 5) is 12.9. The minimum Gasteiger partial charge on any atom is -0.481 e. The van der Waals surface area contributed by atoms with Crippen LogP contribution in [0.5, 0.6) is 0 Å². The number of hydrogen-bond donors (Lipinski definition) is 1. The van der Waals surface area contributed by atoms with Crippen molar-refractivity contribution >= 4 is 37.4 Å². The lowest BCUT2D eigenvalue weighted by atomic mass is 10.1. The number of halogens is 1. The van der Waals surface area contributed by atoms with E-state index in [9.17, 15) is 13.2 Å². The first kappa shape index (κ1) is 14.3. The van der Waals surface area contributed by atoms with E-state index < -0.39 is 21.1 Å². The lowest BCUT2D eigenvalue weighted by Crippen LogP contribution is -2.48. The van der Waals surface area contributed by atoms with Gasteiger partial charge in [-0.25, -0.2) is 8.42 Å². The molecule has 0 bridgehead atoms. The molecule has 2 unspecified atom stereocenters. The topological polar surface area (TPSA) is 74.7 Å². The number of benzene rings is 1. The van der Waals surface area contributed by atoms with E-state index in [2.05, 4.69) is 15.9 Å². The molecule has 0 aromatic heterocycles. The fourth-order valence-electron chi connectivity index (χ4n) is 2.35. The van der Waals surface area contributed by atoms with Crippen LogP contribution in [0.2, 0.25) is 0 Å². The number of aliphatic carboxylic acids is 1. The fraction of sp³-hybridized carbons (Fsp3) is 0.417. The van der Waals surface area contributed by atoms with Crippen molar-refractivity contribution in [1.29, 1.82) is 0 Å². The van der Waals surface area contributed by atoms with Gasteiger partial charge in [0.25, 0.3) is 0 Å². The van der Waals surface area contributed by atoms with Crippen LogP contribution in [0.4, 0.5) is 5.69 Å². The number of carbonyl (C=O) groups is 1. The van der Waals surface area contributed by atoms with Crippen molar-refractivity contribution in [2.45, 2.75) is 29.5 Å². The maximum absolute atomic E-state index is 12.5. The van der Waals surface area contributed by atoms with Crippen molar-refractivity contribution in [3.05, 3.63) is 22.7 Å². The van der Waals surface area contributed by atoms with Crippen LogP contribution in [0, 0.1) is 0 Å². The normalized spacial score (nSPS) is 24.9. The molecule has 1 heterocycles. The van der Waals surface area contributed by atoms with Crippen molar-refractivity contribution in [3.63, 3.8) is 0 Å². The molecular weight excluding hydrogens is 334 g/mol. The van der Waals surface area contributed by atoms with Gasteiger partial charge in [0.15, 0.2) is 9.84 Å². The van der Waals surface area contributed by atoms with Gasteiger partial charge in [0.1, 0.15) is 0 Å². The molecular formula is C12H14BrNO4S. The molecule has 0 spiro atoms. The fourth-order valence-corrected chi connectivity index (χ4v) is 4.84. The molecule has 104 valence electrons. The molecule has 19 heavy (non-hydrogen) atoms. The van der Waals surface area contributed by atoms with Crippen molar-refractivity contribution in [1.82, 2.24) is 0 Å². The summed E-state index contributed by atoms with van der Waals surface area (Å²) < 4.78 is 25.8. The van der Waals surface area contributed by atoms with Crippen LogP contribution < -0.4 is 4.90 Å². The van der Waals surface area contributed by atoms with Gasteiger partial charge >= 0.3 is 5.97 Å². The van der Waals surface area contributed by atoms with Gasteiger partial charge in [-0.05, 0) is 25.1 Å². The zero-order valence-corrected chi connectivity index (χ0v) is 12.9. The number of fused-ring (bicyclic) bond motifs is 1. The van der Waals surface area contributed by atoms with E-state index in [1.54, 1.807) is 26.1 Å². The maximum Gasteiger partial charge on any atom is 0.304 e. The highest BCUT2D eigenvalue weighted by Gasteiger charge is 2.42. The van der Waals surface area contributed by atoms with Crippen molar-refractivity contribution in [2.75, 3.05) is 11.9 Å². The molecule has 2 atom stereocenters. The summed E-state index contributed by atoms with van der Waals surface area (Å²) in [6.45, 7) is 1.73. The van der Waals surface area contributed by atoms with Gasteiger partial charge in [0.05, 0.1) is 22.3 Å². The lowest BCUT2D eigenvalue weighted by Gasteiger charge is -2.38. The van der Waals surface area contributed by atoms with Crippen molar-refractivity contribution in [3.8, 4) is 0 Å². The Morgan fingerprint density at radius 2 is 2.11 bits per heavy atom. The average Bonchev–Trinajstić information content (AvgIpc) is 2.32. The van der Waals surface area contributed by atoms with Crippen molar-refractivity contribution < 1.29 is 18.3 Å². The van der Waals surface area contributed by atoms with Gasteiger partial charge < -0.3 is 10.0 Å². The molecule has 0 fully saturated rings. The van der Waals surface area contributed by atoms with Crippen LogP contribution in [-0.4, -0.2) is 37.8 Å². The quantitative estimate of drug-likeness (QED) is 0.884. The highest BCUT2D eigenvalue weighted by molar-refractivity contribution is 9.10. The Labute approximate surface area is 120 Å². The Hall–Kier alpha value is -1.08. The third kappa shape index (κ3) is 2.36. The number of anilines is 1. The van der Waals surface area contributed by atoms with Crippen LogP contribution in [-0.2, 0) is 14.6 Å². The molecule has 0 aliphatic carbocycles. The summed E-state index contributed by atoms with van der Waals surface area (Å²) in [7, 11) is -1.84. The Morgan fingerprint density at radius 1 is 1.47 bits per heavy atom. The number of carboxylic acid groups (broad SMARTS) is 1. The molecule has 1 aromatic rings. The summed E-state index contributed by atoms with van der Waals surface area (Å²) in [6, 6.07) is 4.52. The lowest BCUT2D eigenvalue weighted by molar-refractivity contribution is -0.137. The van der Waals surface area contributed by atoms with Gasteiger partial charge in [-0.15, -0.1) is 0 Å². The van der Waals surface area contributed by atoms with Crippen molar-refractivity contribution in [2.24, 2.45) is 0 Å². The highest BCUT2D eigenvalue weighted by Crippen LogP contribution is 2.38. The Morgan fingerprint density at radius 3 is 2.68 bits per heavy atom. The minimum atomic E-state index is -3.62. The molecule has 7 heteroatoms. The summed E-state index contributed by atoms with van der Waals surface area (Å²) in [5.41, 5.74) is 0.600. The van der Waals surface area contributed by atoms with Gasteiger partial charge in [-0.2, -0.15) is 0 Å². The van der Waals surface area contributed by atoms with Crippen LogP contribution in [0.1, 0.15) is 13.3 Å². The second-order valence-corrected chi connectivity index (χ2v) is 7.70. The number of carboxylic acids is 1. The highest BCUT2D eigenvalue weighted by atomic mass is 79.9. The monoisotopic (exact) mass is 347 g/mol. The van der Waals surface area contributed by atoms with E-state index in [0.717, 1.165) is 4.47 Å². The Bertz CT molecular complexity index is 629. The molecule has 1 aliphatic rings. The Kier molecular flexibility index (Phi) is 3.61. The largest absolute Gasteiger partial charge is 0.481 e.